The Morgan fingerprint density at radius 3 is 1.21 bits per heavy atom. The summed E-state index contributed by atoms with van der Waals surface area (Å²) in [5.41, 5.74) is 0. The number of ether oxygens (including phenoxy) is 7. The minimum atomic E-state index is -6.03. The molecule has 0 aromatic rings. The molecule has 0 aromatic heterocycles. The van der Waals surface area contributed by atoms with E-state index in [9.17, 15) is 124 Å². The van der Waals surface area contributed by atoms with E-state index in [-0.39, 0.29) is 0 Å². The van der Waals surface area contributed by atoms with Crippen molar-refractivity contribution in [2.45, 2.75) is 123 Å². The quantitative estimate of drug-likeness (QED) is 0.0448. The highest BCUT2D eigenvalue weighted by atomic mass is 32.3. The Balaban J connectivity index is 1.81. The molecule has 4 saturated heterocycles. The highest BCUT2D eigenvalue weighted by molar-refractivity contribution is 7.84. The molecule has 41 nitrogen and oxygen atoms in total. The van der Waals surface area contributed by atoms with Crippen molar-refractivity contribution < 1.29 is 178 Å². The van der Waals surface area contributed by atoms with Gasteiger partial charge in [-0.15, -0.1) is 0 Å². The van der Waals surface area contributed by atoms with Crippen molar-refractivity contribution in [3.63, 3.8) is 0 Å². The van der Waals surface area contributed by atoms with Gasteiger partial charge in [-0.25, -0.2) is 26.3 Å². The minimum absolute atomic E-state index is 1.21. The lowest BCUT2D eigenvalue weighted by molar-refractivity contribution is -0.367. The zero-order valence-corrected chi connectivity index (χ0v) is 38.8. The summed E-state index contributed by atoms with van der Waals surface area (Å²) in [6.07, 6.45) is -50.5. The number of carbonyl (C=O) groups is 2. The maximum atomic E-state index is 12.7. The van der Waals surface area contributed by atoms with Crippen LogP contribution in [0, 0.1) is 0 Å². The van der Waals surface area contributed by atoms with Crippen LogP contribution in [0.3, 0.4) is 0 Å². The molecule has 4 rings (SSSR count). The first-order valence-corrected chi connectivity index (χ1v) is 26.6. The van der Waals surface area contributed by atoms with Crippen LogP contribution >= 0.6 is 0 Å². The van der Waals surface area contributed by atoms with Gasteiger partial charge >= 0.3 is 74.1 Å². The van der Waals surface area contributed by atoms with Crippen molar-refractivity contribution in [2.24, 2.45) is 0 Å². The van der Waals surface area contributed by atoms with Gasteiger partial charge in [0.05, 0.1) is 13.2 Å². The van der Waals surface area contributed by atoms with Gasteiger partial charge in [-0.05, 0) is 0 Å². The lowest BCUT2D eigenvalue weighted by Crippen LogP contribution is -2.70. The first-order chi connectivity index (χ1) is 32.1. The standard InChI is InChI=1S/C24H40N2O39S6/c27-7-5(25-66(37,38)39)21(36)57-3(1-55-68(43,44)45)12(7)59-24-17(65-71(52,53)54)11(31)14(18(63-24)20(34)35)61-22-6(26-67(40,41)42)8(28)13(4(58-22)2-56-69(46,47)48)60-23-16(64-70(49,50)51)10(30)9(29)15(62-23)19(32)33/h3-18,21-31,36H,1-2H2,(H,32,33)(H,34,35)(H,37,38,39)(H,40,41,42)(H,43,44,45)(H,46,47,48)(H,49,50,51)(H,52,53,54)/t3-,4-,5-,6-,7-,8-,9+,10+,11+,12-,13-,14+,15?,16-,17-,18-,21+,22-,23?,24-/m1/s1. The van der Waals surface area contributed by atoms with E-state index in [2.05, 4.69) is 16.7 Å². The third-order valence-corrected chi connectivity index (χ3v) is 12.5. The Hall–Kier alpha value is -2.36. The number of aliphatic hydroxyl groups excluding tert-OH is 6. The molecule has 0 radical (unpaired) electrons. The molecule has 4 aliphatic heterocycles. The largest absolute Gasteiger partial charge is 0.479 e. The Morgan fingerprint density at radius 2 is 0.803 bits per heavy atom. The van der Waals surface area contributed by atoms with E-state index in [1.807, 2.05) is 0 Å². The molecule has 20 atom stereocenters. The van der Waals surface area contributed by atoms with Gasteiger partial charge in [0.25, 0.3) is 0 Å². The molecule has 0 aromatic carbocycles. The van der Waals surface area contributed by atoms with Gasteiger partial charge < -0.3 is 74.0 Å². The normalized spacial score (nSPS) is 39.2. The monoisotopic (exact) mass is 1170 g/mol. The molecule has 0 spiro atoms. The maximum Gasteiger partial charge on any atom is 0.397 e. The molecule has 4 heterocycles. The summed E-state index contributed by atoms with van der Waals surface area (Å²) in [5, 5.41) is 84.8. The van der Waals surface area contributed by atoms with Crippen LogP contribution < -0.4 is 9.44 Å². The number of rotatable bonds is 22. The topological polar surface area (TPSA) is 648 Å². The number of hydrogen-bond donors (Lipinski definition) is 16. The third kappa shape index (κ3) is 17.3. The summed E-state index contributed by atoms with van der Waals surface area (Å²) < 4.78 is 253. The summed E-state index contributed by atoms with van der Waals surface area (Å²) in [4.78, 5) is 24.5. The van der Waals surface area contributed by atoms with Gasteiger partial charge in [-0.2, -0.15) is 60.0 Å². The minimum Gasteiger partial charge on any atom is -0.479 e. The summed E-state index contributed by atoms with van der Waals surface area (Å²) in [5.74, 6) is -4.55. The lowest BCUT2D eigenvalue weighted by Gasteiger charge is -2.49. The summed E-state index contributed by atoms with van der Waals surface area (Å²) >= 11 is 0. The fourth-order valence-electron chi connectivity index (χ4n) is 6.87. The Bertz CT molecular complexity index is 2580. The number of carboxylic acids is 2. The second kappa shape index (κ2) is 22.9. The molecule has 416 valence electrons. The van der Waals surface area contributed by atoms with Gasteiger partial charge in [0.15, 0.2) is 49.6 Å². The van der Waals surface area contributed by atoms with Gasteiger partial charge in [0, 0.05) is 0 Å². The number of hydrogen-bond acceptors (Lipinski definition) is 31. The molecule has 0 bridgehead atoms. The first-order valence-electron chi connectivity index (χ1n) is 18.2. The van der Waals surface area contributed by atoms with E-state index < -0.39 is 210 Å². The van der Waals surface area contributed by atoms with Gasteiger partial charge in [-0.3, -0.25) is 27.3 Å². The zero-order chi connectivity index (χ0) is 54.3. The molecule has 2 unspecified atom stereocenters. The highest BCUT2D eigenvalue weighted by Gasteiger charge is 2.59. The van der Waals surface area contributed by atoms with Crippen LogP contribution in [-0.4, -0.2) is 267 Å². The first kappa shape index (κ1) is 61.2. The molecule has 16 N–H and O–H groups in total. The van der Waals surface area contributed by atoms with Crippen LogP contribution in [-0.2, 0) is 122 Å². The molecule has 71 heavy (non-hydrogen) atoms. The summed E-state index contributed by atoms with van der Waals surface area (Å²) in [7, 11) is -34.2. The van der Waals surface area contributed by atoms with E-state index in [0.29, 0.717) is 0 Å². The van der Waals surface area contributed by atoms with Gasteiger partial charge in [-0.1, -0.05) is 0 Å². The molecular weight excluding hydrogens is 1130 g/mol. The van der Waals surface area contributed by atoms with E-state index in [1.54, 1.807) is 0 Å². The van der Waals surface area contributed by atoms with Crippen molar-refractivity contribution in [3.05, 3.63) is 0 Å². The van der Waals surface area contributed by atoms with Crippen LogP contribution in [0.4, 0.5) is 0 Å². The predicted molar refractivity (Wildman–Crippen MR) is 202 cm³/mol. The Kier molecular flexibility index (Phi) is 19.7. The molecule has 0 amide bonds. The molecule has 47 heteroatoms. The second-order valence-corrected chi connectivity index (χ2v) is 21.2. The molecule has 0 saturated carbocycles. The van der Waals surface area contributed by atoms with Crippen molar-refractivity contribution in [1.29, 1.82) is 0 Å². The van der Waals surface area contributed by atoms with E-state index >= 15 is 0 Å². The zero-order valence-electron chi connectivity index (χ0n) is 33.9. The predicted octanol–water partition coefficient (Wildman–Crippen LogP) is -11.5. The number of nitrogens with one attached hydrogen (secondary N) is 2. The molecule has 0 aliphatic carbocycles. The smallest absolute Gasteiger partial charge is 0.397 e. The summed E-state index contributed by atoms with van der Waals surface area (Å²) in [6.45, 7) is -3.32. The number of aliphatic hydroxyl groups is 6. The number of carboxylic acid groups (broad SMARTS) is 2. The summed E-state index contributed by atoms with van der Waals surface area (Å²) in [6, 6.07) is -5.35. The van der Waals surface area contributed by atoms with Crippen molar-refractivity contribution in [1.82, 2.24) is 9.44 Å². The van der Waals surface area contributed by atoms with Crippen molar-refractivity contribution in [3.8, 4) is 0 Å². The van der Waals surface area contributed by atoms with E-state index in [4.69, 9.17) is 37.7 Å². The Morgan fingerprint density at radius 1 is 0.423 bits per heavy atom. The van der Waals surface area contributed by atoms with Crippen LogP contribution in [0.5, 0.6) is 0 Å². The molecule has 4 aliphatic rings. The van der Waals surface area contributed by atoms with Crippen molar-refractivity contribution >= 4 is 74.1 Å². The average Bonchev–Trinajstić information content (AvgIpc) is 3.17. The lowest BCUT2D eigenvalue weighted by atomic mass is 9.94. The molecule has 4 fully saturated rings. The average molecular weight is 1170 g/mol. The van der Waals surface area contributed by atoms with E-state index in [0.717, 1.165) is 0 Å². The second-order valence-electron chi connectivity index (χ2n) is 14.5. The fraction of sp³-hybridized carbons (Fsp3) is 0.917. The van der Waals surface area contributed by atoms with Crippen LogP contribution in [0.1, 0.15) is 0 Å². The molecular formula is C24H40N2O39S6. The third-order valence-electron chi connectivity index (χ3n) is 9.59. The van der Waals surface area contributed by atoms with Crippen LogP contribution in [0.15, 0.2) is 0 Å². The number of aliphatic carboxylic acids is 2. The van der Waals surface area contributed by atoms with Gasteiger partial charge in [0.2, 0.25) is 0 Å². The highest BCUT2D eigenvalue weighted by Crippen LogP contribution is 2.37. The van der Waals surface area contributed by atoms with Crippen LogP contribution in [0.2, 0.25) is 0 Å². The maximum absolute atomic E-state index is 12.7. The van der Waals surface area contributed by atoms with Gasteiger partial charge in [0.1, 0.15) is 73.1 Å². The SMILES string of the molecule is O=C(O)C1OC(O[C@H]2[C@H](O)[C@@H](NS(=O)(=O)O)[C@@H](O[C@H]3[C@H](O)[C@@H](OS(=O)(=O)O)[C@H](O[C@H]4[C@H](O)[C@@H](NS(=O)(=O)O)[C@@H](O)O[C@@H]4COS(=O)(=O)O)O[C@H]3C(=O)O)O[C@@H]2COS(=O)(=O)O)[C@H](OS(=O)(=O)O)[C@@H](O)[C@@H]1O. The van der Waals surface area contributed by atoms with Crippen LogP contribution in [0.25, 0.3) is 0 Å². The van der Waals surface area contributed by atoms with Crippen molar-refractivity contribution in [2.75, 3.05) is 13.2 Å². The van der Waals surface area contributed by atoms with E-state index in [1.165, 1.54) is 9.44 Å². The fourth-order valence-corrected chi connectivity index (χ4v) is 9.64. The Labute approximate surface area is 396 Å².